The maximum absolute atomic E-state index is 12.9. The summed E-state index contributed by atoms with van der Waals surface area (Å²) in [6.45, 7) is 1.01. The van der Waals surface area contributed by atoms with E-state index in [2.05, 4.69) is 23.2 Å². The highest BCUT2D eigenvalue weighted by atomic mass is 16.2. The van der Waals surface area contributed by atoms with Crippen molar-refractivity contribution in [3.63, 3.8) is 0 Å². The molecule has 6 rings (SSSR count). The van der Waals surface area contributed by atoms with Crippen molar-refractivity contribution in [1.29, 1.82) is 0 Å². The van der Waals surface area contributed by atoms with Crippen molar-refractivity contribution in [3.05, 3.63) is 18.0 Å². The van der Waals surface area contributed by atoms with E-state index in [1.807, 2.05) is 17.9 Å². The van der Waals surface area contributed by atoms with Gasteiger partial charge in [0.25, 0.3) is 0 Å². The first-order chi connectivity index (χ1) is 11.5. The van der Waals surface area contributed by atoms with Gasteiger partial charge in [0.15, 0.2) is 0 Å². The molecule has 5 fully saturated rings. The number of aryl methyl sites for hydroxylation is 1. The molecule has 5 aliphatic carbocycles. The van der Waals surface area contributed by atoms with E-state index in [9.17, 15) is 4.79 Å². The molecule has 1 heterocycles. The van der Waals surface area contributed by atoms with Gasteiger partial charge in [-0.3, -0.25) is 9.48 Å². The summed E-state index contributed by atoms with van der Waals surface area (Å²) in [6.07, 6.45) is 13.6. The average Bonchev–Trinajstić information content (AvgIpc) is 3.19. The summed E-state index contributed by atoms with van der Waals surface area (Å²) in [5.74, 6) is 3.87. The van der Waals surface area contributed by atoms with E-state index >= 15 is 0 Å². The number of hydrogen-bond donors (Lipinski definition) is 0. The van der Waals surface area contributed by atoms with Crippen molar-refractivity contribution >= 4 is 5.91 Å². The number of nitrogens with zero attached hydrogens (tertiary/aromatic N) is 3. The topological polar surface area (TPSA) is 38.1 Å². The molecular weight excluding hydrogens is 298 g/mol. The van der Waals surface area contributed by atoms with Gasteiger partial charge in [-0.25, -0.2) is 0 Å². The summed E-state index contributed by atoms with van der Waals surface area (Å²) in [5, 5.41) is 4.26. The highest BCUT2D eigenvalue weighted by Crippen LogP contribution is 2.60. The maximum Gasteiger partial charge on any atom is 0.226 e. The molecule has 0 N–H and O–H groups in total. The average molecular weight is 327 g/mol. The quantitative estimate of drug-likeness (QED) is 0.852. The zero-order chi connectivity index (χ0) is 16.5. The minimum absolute atomic E-state index is 0.202. The Hall–Kier alpha value is -1.32. The lowest BCUT2D eigenvalue weighted by Gasteiger charge is -2.57. The Morgan fingerprint density at radius 2 is 1.83 bits per heavy atom. The van der Waals surface area contributed by atoms with Gasteiger partial charge >= 0.3 is 0 Å². The Morgan fingerprint density at radius 3 is 2.38 bits per heavy atom. The van der Waals surface area contributed by atoms with Crippen LogP contribution >= 0.6 is 0 Å². The van der Waals surface area contributed by atoms with Crippen LogP contribution in [-0.2, 0) is 11.8 Å². The minimum Gasteiger partial charge on any atom is -0.345 e. The number of rotatable bonds is 4. The minimum atomic E-state index is 0.202. The number of carbonyl (C=O) groups is 1. The smallest absolute Gasteiger partial charge is 0.226 e. The molecular formula is C20H29N3O. The molecule has 0 spiro atoms. The highest BCUT2D eigenvalue weighted by Gasteiger charge is 2.52. The molecule has 0 aliphatic heterocycles. The third-order valence-electron chi connectivity index (χ3n) is 7.37. The van der Waals surface area contributed by atoms with Crippen molar-refractivity contribution in [2.75, 3.05) is 13.6 Å². The van der Waals surface area contributed by atoms with Gasteiger partial charge in [-0.05, 0) is 79.6 Å². The number of carbonyl (C=O) groups excluding carboxylic acids is 1. The largest absolute Gasteiger partial charge is 0.345 e. The van der Waals surface area contributed by atoms with E-state index in [0.717, 1.165) is 30.7 Å². The van der Waals surface area contributed by atoms with Crippen molar-refractivity contribution in [1.82, 2.24) is 14.7 Å². The summed E-state index contributed by atoms with van der Waals surface area (Å²) in [5.41, 5.74) is 1.69. The van der Waals surface area contributed by atoms with Crippen LogP contribution in [0.1, 0.15) is 56.4 Å². The third kappa shape index (κ3) is 2.41. The Labute approximate surface area is 144 Å². The SMILES string of the molecule is CN(CC12CC3CC(CC(C3)C1)C2)C(=O)[C@@H]1C[C@@H]1c1cnn(C)c1. The van der Waals surface area contributed by atoms with Crippen molar-refractivity contribution < 1.29 is 4.79 Å². The molecule has 1 amide bonds. The molecule has 5 saturated carbocycles. The molecule has 0 saturated heterocycles. The van der Waals surface area contributed by atoms with E-state index in [1.54, 1.807) is 0 Å². The van der Waals surface area contributed by atoms with Crippen molar-refractivity contribution in [2.24, 2.45) is 36.1 Å². The molecule has 4 nitrogen and oxygen atoms in total. The molecule has 1 aromatic rings. The van der Waals surface area contributed by atoms with Crippen LogP contribution in [0.5, 0.6) is 0 Å². The van der Waals surface area contributed by atoms with Crippen LogP contribution in [0.15, 0.2) is 12.4 Å². The standard InChI is InChI=1S/C20H29N3O/c1-22(19(24)18-6-17(18)16-10-21-23(2)11-16)12-20-7-13-3-14(8-20)5-15(4-13)9-20/h10-11,13-15,17-18H,3-9,12H2,1-2H3/t13?,14?,15?,17-,18-,20?/m1/s1. The van der Waals surface area contributed by atoms with E-state index in [0.29, 0.717) is 17.2 Å². The Morgan fingerprint density at radius 1 is 1.21 bits per heavy atom. The summed E-state index contributed by atoms with van der Waals surface area (Å²) >= 11 is 0. The molecule has 2 atom stereocenters. The van der Waals surface area contributed by atoms with Gasteiger partial charge in [0.1, 0.15) is 0 Å². The van der Waals surface area contributed by atoms with Crippen LogP contribution in [0.3, 0.4) is 0 Å². The van der Waals surface area contributed by atoms with Crippen molar-refractivity contribution in [2.45, 2.75) is 50.9 Å². The van der Waals surface area contributed by atoms with Crippen LogP contribution in [-0.4, -0.2) is 34.2 Å². The predicted molar refractivity (Wildman–Crippen MR) is 92.3 cm³/mol. The number of amides is 1. The molecule has 5 aliphatic rings. The third-order valence-corrected chi connectivity index (χ3v) is 7.37. The van der Waals surface area contributed by atoms with E-state index < -0.39 is 0 Å². The molecule has 4 bridgehead atoms. The second kappa shape index (κ2) is 5.09. The molecule has 0 unspecified atom stereocenters. The van der Waals surface area contributed by atoms with E-state index in [1.165, 1.54) is 44.1 Å². The Balaban J connectivity index is 1.25. The van der Waals surface area contributed by atoms with Gasteiger partial charge < -0.3 is 4.90 Å². The lowest BCUT2D eigenvalue weighted by atomic mass is 9.49. The van der Waals surface area contributed by atoms with Gasteiger partial charge in [0, 0.05) is 32.8 Å². The monoisotopic (exact) mass is 327 g/mol. The summed E-state index contributed by atoms with van der Waals surface area (Å²) < 4.78 is 1.84. The fourth-order valence-corrected chi connectivity index (χ4v) is 6.82. The van der Waals surface area contributed by atoms with Crippen LogP contribution in [0.4, 0.5) is 0 Å². The van der Waals surface area contributed by atoms with Gasteiger partial charge in [-0.1, -0.05) is 0 Å². The molecule has 130 valence electrons. The van der Waals surface area contributed by atoms with Crippen LogP contribution in [0.2, 0.25) is 0 Å². The molecule has 4 heteroatoms. The Bertz CT molecular complexity index is 628. The predicted octanol–water partition coefficient (Wildman–Crippen LogP) is 3.20. The molecule has 0 aromatic carbocycles. The fourth-order valence-electron chi connectivity index (χ4n) is 6.82. The molecule has 24 heavy (non-hydrogen) atoms. The lowest BCUT2D eigenvalue weighted by molar-refractivity contribution is -0.136. The number of aromatic nitrogens is 2. The Kier molecular flexibility index (Phi) is 3.18. The second-order valence-electron chi connectivity index (χ2n) is 9.51. The summed E-state index contributed by atoms with van der Waals surface area (Å²) in [7, 11) is 4.00. The maximum atomic E-state index is 12.9. The highest BCUT2D eigenvalue weighted by molar-refractivity contribution is 5.82. The van der Waals surface area contributed by atoms with E-state index in [4.69, 9.17) is 0 Å². The number of hydrogen-bond acceptors (Lipinski definition) is 2. The van der Waals surface area contributed by atoms with E-state index in [-0.39, 0.29) is 5.92 Å². The van der Waals surface area contributed by atoms with Gasteiger partial charge in [-0.2, -0.15) is 5.10 Å². The van der Waals surface area contributed by atoms with Gasteiger partial charge in [-0.15, -0.1) is 0 Å². The zero-order valence-electron chi connectivity index (χ0n) is 14.9. The first kappa shape index (κ1) is 15.0. The van der Waals surface area contributed by atoms with Gasteiger partial charge in [0.05, 0.1) is 6.20 Å². The lowest BCUT2D eigenvalue weighted by Crippen LogP contribution is -2.51. The second-order valence-corrected chi connectivity index (χ2v) is 9.51. The van der Waals surface area contributed by atoms with Crippen molar-refractivity contribution in [3.8, 4) is 0 Å². The zero-order valence-corrected chi connectivity index (χ0v) is 14.9. The van der Waals surface area contributed by atoms with Crippen LogP contribution < -0.4 is 0 Å². The first-order valence-corrected chi connectivity index (χ1v) is 9.75. The first-order valence-electron chi connectivity index (χ1n) is 9.75. The van der Waals surface area contributed by atoms with Crippen LogP contribution in [0, 0.1) is 29.1 Å². The van der Waals surface area contributed by atoms with Gasteiger partial charge in [0.2, 0.25) is 5.91 Å². The normalized spacial score (nSPS) is 42.3. The summed E-state index contributed by atoms with van der Waals surface area (Å²) in [6, 6.07) is 0. The molecule has 1 aromatic heterocycles. The molecule has 0 radical (unpaired) electrons. The van der Waals surface area contributed by atoms with Crippen LogP contribution in [0.25, 0.3) is 0 Å². The summed E-state index contributed by atoms with van der Waals surface area (Å²) in [4.78, 5) is 15.0. The fraction of sp³-hybridized carbons (Fsp3) is 0.800.